The predicted octanol–water partition coefficient (Wildman–Crippen LogP) is 1.84. The van der Waals surface area contributed by atoms with Crippen LogP contribution in [0.2, 0.25) is 0 Å². The first-order valence-corrected chi connectivity index (χ1v) is 4.01. The van der Waals surface area contributed by atoms with Gasteiger partial charge in [-0.1, -0.05) is 17.7 Å². The SMILES string of the molecule is Cc1ccc([NH2+][B-](F)(F)F)c(C)c1. The van der Waals surface area contributed by atoms with Crippen molar-refractivity contribution in [2.24, 2.45) is 0 Å². The van der Waals surface area contributed by atoms with E-state index in [0.29, 0.717) is 10.8 Å². The molecule has 0 amide bonds. The van der Waals surface area contributed by atoms with Crippen LogP contribution in [-0.4, -0.2) is 7.11 Å². The number of hydrogen-bond donors (Lipinski definition) is 1. The van der Waals surface area contributed by atoms with Crippen LogP contribution in [0.1, 0.15) is 11.1 Å². The Labute approximate surface area is 75.0 Å². The summed E-state index contributed by atoms with van der Waals surface area (Å²) in [6.45, 7) is 3.54. The fraction of sp³-hybridized carbons (Fsp3) is 0.250. The molecular weight excluding hydrogens is 178 g/mol. The van der Waals surface area contributed by atoms with E-state index in [1.165, 1.54) is 6.07 Å². The normalized spacial score (nSPS) is 11.8. The summed E-state index contributed by atoms with van der Waals surface area (Å²) in [5.74, 6) is 0. The highest BCUT2D eigenvalue weighted by molar-refractivity contribution is 6.48. The molecule has 13 heavy (non-hydrogen) atoms. The number of nitrogens with two attached hydrogens (primary N) is 1. The lowest BCUT2D eigenvalue weighted by molar-refractivity contribution is -0.471. The third-order valence-corrected chi connectivity index (χ3v) is 1.79. The maximum atomic E-state index is 12.0. The zero-order chi connectivity index (χ0) is 10.1. The van der Waals surface area contributed by atoms with Crippen LogP contribution in [0.5, 0.6) is 0 Å². The second-order valence-corrected chi connectivity index (χ2v) is 3.15. The molecule has 0 heterocycles. The van der Waals surface area contributed by atoms with Gasteiger partial charge in [0, 0.05) is 5.56 Å². The highest BCUT2D eigenvalue weighted by Gasteiger charge is 2.33. The van der Waals surface area contributed by atoms with E-state index in [1.54, 1.807) is 19.1 Å². The zero-order valence-corrected chi connectivity index (χ0v) is 7.52. The lowest BCUT2D eigenvalue weighted by atomic mass is 10.1. The van der Waals surface area contributed by atoms with Gasteiger partial charge in [0.1, 0.15) is 0 Å². The molecule has 2 N–H and O–H groups in total. The molecule has 0 aliphatic heterocycles. The van der Waals surface area contributed by atoms with Gasteiger partial charge in [0.05, 0.1) is 5.69 Å². The van der Waals surface area contributed by atoms with Crippen LogP contribution < -0.4 is 5.23 Å². The van der Waals surface area contributed by atoms with Crippen LogP contribution in [0, 0.1) is 13.8 Å². The maximum Gasteiger partial charge on any atom is 0.734 e. The molecule has 0 fully saturated rings. The van der Waals surface area contributed by atoms with Crippen molar-refractivity contribution in [3.63, 3.8) is 0 Å². The molecule has 1 aromatic rings. The first kappa shape index (κ1) is 10.1. The van der Waals surface area contributed by atoms with Crippen molar-refractivity contribution in [1.82, 2.24) is 0 Å². The number of hydrogen-bond acceptors (Lipinski definition) is 0. The van der Waals surface area contributed by atoms with Crippen LogP contribution in [-0.2, 0) is 0 Å². The Hall–Kier alpha value is -0.965. The van der Waals surface area contributed by atoms with E-state index in [1.807, 2.05) is 6.92 Å². The van der Waals surface area contributed by atoms with Gasteiger partial charge in [0.2, 0.25) is 0 Å². The Morgan fingerprint density at radius 3 is 2.23 bits per heavy atom. The zero-order valence-electron chi connectivity index (χ0n) is 7.52. The van der Waals surface area contributed by atoms with E-state index in [0.717, 1.165) is 5.56 Å². The van der Waals surface area contributed by atoms with E-state index in [9.17, 15) is 12.9 Å². The molecule has 0 aliphatic rings. The summed E-state index contributed by atoms with van der Waals surface area (Å²) >= 11 is 0. The Balaban J connectivity index is 2.90. The third kappa shape index (κ3) is 3.10. The highest BCUT2D eigenvalue weighted by Crippen LogP contribution is 2.12. The molecule has 1 rings (SSSR count). The molecule has 0 bridgehead atoms. The van der Waals surface area contributed by atoms with Gasteiger partial charge in [-0.05, 0) is 19.9 Å². The van der Waals surface area contributed by atoms with E-state index >= 15 is 0 Å². The van der Waals surface area contributed by atoms with Gasteiger partial charge in [0.25, 0.3) is 0 Å². The molecule has 0 atom stereocenters. The van der Waals surface area contributed by atoms with Crippen LogP contribution in [0.3, 0.4) is 0 Å². The maximum absolute atomic E-state index is 12.0. The number of benzene rings is 1. The molecule has 0 aromatic heterocycles. The van der Waals surface area contributed by atoms with Crippen molar-refractivity contribution < 1.29 is 18.2 Å². The minimum Gasteiger partial charge on any atom is -0.410 e. The van der Waals surface area contributed by atoms with Crippen molar-refractivity contribution in [1.29, 1.82) is 0 Å². The number of rotatable bonds is 2. The topological polar surface area (TPSA) is 16.6 Å². The molecule has 5 heteroatoms. The summed E-state index contributed by atoms with van der Waals surface area (Å²) in [5.41, 5.74) is 1.90. The van der Waals surface area contributed by atoms with Crippen LogP contribution in [0.4, 0.5) is 18.6 Å². The van der Waals surface area contributed by atoms with Gasteiger partial charge in [0.15, 0.2) is 0 Å². The van der Waals surface area contributed by atoms with Gasteiger partial charge in [-0.2, -0.15) is 0 Å². The molecule has 0 radical (unpaired) electrons. The summed E-state index contributed by atoms with van der Waals surface area (Å²) in [6.07, 6.45) is 0. The smallest absolute Gasteiger partial charge is 0.410 e. The van der Waals surface area contributed by atoms with Crippen molar-refractivity contribution in [2.45, 2.75) is 13.8 Å². The van der Waals surface area contributed by atoms with Crippen LogP contribution in [0.25, 0.3) is 0 Å². The van der Waals surface area contributed by atoms with Crippen molar-refractivity contribution in [3.8, 4) is 0 Å². The lowest BCUT2D eigenvalue weighted by Gasteiger charge is -2.12. The first-order chi connectivity index (χ1) is 5.88. The molecule has 72 valence electrons. The molecule has 0 unspecified atom stereocenters. The quantitative estimate of drug-likeness (QED) is 0.539. The third-order valence-electron chi connectivity index (χ3n) is 1.79. The molecule has 0 saturated carbocycles. The minimum atomic E-state index is -4.84. The van der Waals surface area contributed by atoms with E-state index in [4.69, 9.17) is 0 Å². The first-order valence-electron chi connectivity index (χ1n) is 4.01. The fourth-order valence-corrected chi connectivity index (χ4v) is 1.22. The summed E-state index contributed by atoms with van der Waals surface area (Å²) in [4.78, 5) is 0. The Kier molecular flexibility index (Phi) is 2.66. The van der Waals surface area contributed by atoms with Crippen molar-refractivity contribution in [2.75, 3.05) is 0 Å². The van der Waals surface area contributed by atoms with E-state index in [-0.39, 0.29) is 5.69 Å². The molecule has 0 saturated heterocycles. The van der Waals surface area contributed by atoms with Crippen LogP contribution in [0.15, 0.2) is 18.2 Å². The van der Waals surface area contributed by atoms with Crippen LogP contribution >= 0.6 is 0 Å². The Morgan fingerprint density at radius 2 is 1.77 bits per heavy atom. The lowest BCUT2D eigenvalue weighted by Crippen LogP contribution is -2.91. The van der Waals surface area contributed by atoms with Gasteiger partial charge < -0.3 is 18.2 Å². The monoisotopic (exact) mass is 189 g/mol. The average molecular weight is 189 g/mol. The Morgan fingerprint density at radius 1 is 1.15 bits per heavy atom. The van der Waals surface area contributed by atoms with E-state index in [2.05, 4.69) is 0 Å². The number of quaternary nitrogens is 1. The van der Waals surface area contributed by atoms with Gasteiger partial charge in [-0.15, -0.1) is 0 Å². The molecule has 1 nitrogen and oxygen atoms in total. The number of halogens is 3. The van der Waals surface area contributed by atoms with Crippen molar-refractivity contribution >= 4 is 12.8 Å². The standard InChI is InChI=1S/C8H11BF3N/c1-6-3-4-8(7(2)5-6)13-9(10,11)12/h3-5H,13H2,1-2H3. The van der Waals surface area contributed by atoms with Crippen molar-refractivity contribution in [3.05, 3.63) is 29.3 Å². The summed E-state index contributed by atoms with van der Waals surface area (Å²) in [7, 11) is -4.84. The van der Waals surface area contributed by atoms with Gasteiger partial charge in [-0.25, -0.2) is 0 Å². The fourth-order valence-electron chi connectivity index (χ4n) is 1.22. The Bertz CT molecular complexity index is 309. The number of aryl methyl sites for hydroxylation is 2. The summed E-state index contributed by atoms with van der Waals surface area (Å²) in [6, 6.07) is 4.92. The molecular formula is C8H11BF3N. The summed E-state index contributed by atoms with van der Waals surface area (Å²) in [5, 5.41) is 0.384. The highest BCUT2D eigenvalue weighted by atomic mass is 19.4. The van der Waals surface area contributed by atoms with Gasteiger partial charge in [-0.3, -0.25) is 0 Å². The largest absolute Gasteiger partial charge is 0.734 e. The molecule has 0 aliphatic carbocycles. The second kappa shape index (κ2) is 3.42. The minimum absolute atomic E-state index is 0.262. The van der Waals surface area contributed by atoms with E-state index < -0.39 is 7.11 Å². The summed E-state index contributed by atoms with van der Waals surface area (Å²) < 4.78 is 36.1. The average Bonchev–Trinajstić information content (AvgIpc) is 1.93. The molecule has 1 aromatic carbocycles. The van der Waals surface area contributed by atoms with Gasteiger partial charge >= 0.3 is 7.11 Å². The molecule has 0 spiro atoms. The predicted molar refractivity (Wildman–Crippen MR) is 46.6 cm³/mol. The second-order valence-electron chi connectivity index (χ2n) is 3.15.